The molecule has 0 spiro atoms. The zero-order valence-electron chi connectivity index (χ0n) is 12.6. The number of hydrogen-bond acceptors (Lipinski definition) is 4. The molecule has 0 atom stereocenters. The highest BCUT2D eigenvalue weighted by Gasteiger charge is 2.08. The van der Waals surface area contributed by atoms with Crippen LogP contribution >= 0.6 is 15.9 Å². The zero-order valence-corrected chi connectivity index (χ0v) is 14.2. The van der Waals surface area contributed by atoms with Crippen LogP contribution in [-0.2, 0) is 4.79 Å². The molecule has 0 aliphatic rings. The molecule has 0 saturated carbocycles. The van der Waals surface area contributed by atoms with Gasteiger partial charge in [-0.3, -0.25) is 9.69 Å². The number of hydrogen-bond donors (Lipinski definition) is 1. The lowest BCUT2D eigenvalue weighted by Crippen LogP contribution is -2.33. The molecule has 0 unspecified atom stereocenters. The largest absolute Gasteiger partial charge is 0.492 e. The Morgan fingerprint density at radius 2 is 2.22 bits per heavy atom. The van der Waals surface area contributed by atoms with Gasteiger partial charge in [-0.05, 0) is 47.2 Å². The third-order valence-electron chi connectivity index (χ3n) is 2.95. The maximum Gasteiger partial charge on any atom is 0.239 e. The van der Waals surface area contributed by atoms with Gasteiger partial charge in [-0.25, -0.2) is 9.37 Å². The molecule has 7 heteroatoms. The van der Waals surface area contributed by atoms with Crippen LogP contribution in [0.25, 0.3) is 0 Å². The fraction of sp³-hybridized carbons (Fsp3) is 0.250. The molecule has 23 heavy (non-hydrogen) atoms. The maximum absolute atomic E-state index is 13.0. The molecule has 1 aromatic carbocycles. The summed E-state index contributed by atoms with van der Waals surface area (Å²) in [7, 11) is 1.81. The van der Waals surface area contributed by atoms with Crippen molar-refractivity contribution in [2.75, 3.05) is 32.1 Å². The Kier molecular flexibility index (Phi) is 6.49. The lowest BCUT2D eigenvalue weighted by Gasteiger charge is -2.16. The molecule has 1 aromatic heterocycles. The number of pyridine rings is 1. The van der Waals surface area contributed by atoms with Crippen molar-refractivity contribution in [1.82, 2.24) is 9.88 Å². The highest BCUT2D eigenvalue weighted by atomic mass is 79.9. The molecule has 5 nitrogen and oxygen atoms in total. The van der Waals surface area contributed by atoms with Crippen molar-refractivity contribution in [2.24, 2.45) is 0 Å². The molecule has 1 N–H and O–H groups in total. The van der Waals surface area contributed by atoms with E-state index in [2.05, 4.69) is 26.2 Å². The summed E-state index contributed by atoms with van der Waals surface area (Å²) in [5.41, 5.74) is 0. The van der Waals surface area contributed by atoms with Crippen LogP contribution in [0.15, 0.2) is 47.1 Å². The van der Waals surface area contributed by atoms with Gasteiger partial charge in [-0.15, -0.1) is 0 Å². The second kappa shape index (κ2) is 8.59. The van der Waals surface area contributed by atoms with Crippen LogP contribution in [0.2, 0.25) is 0 Å². The van der Waals surface area contributed by atoms with Gasteiger partial charge in [0.05, 0.1) is 6.54 Å². The van der Waals surface area contributed by atoms with Crippen LogP contribution in [0, 0.1) is 5.82 Å². The lowest BCUT2D eigenvalue weighted by atomic mass is 10.3. The van der Waals surface area contributed by atoms with Crippen LogP contribution in [-0.4, -0.2) is 42.5 Å². The monoisotopic (exact) mass is 381 g/mol. The number of ether oxygens (including phenoxy) is 1. The quantitative estimate of drug-likeness (QED) is 0.800. The molecule has 0 fully saturated rings. The molecule has 0 saturated heterocycles. The Balaban J connectivity index is 1.70. The number of benzene rings is 1. The van der Waals surface area contributed by atoms with Crippen LogP contribution in [0.5, 0.6) is 5.75 Å². The van der Waals surface area contributed by atoms with Crippen molar-refractivity contribution in [3.05, 3.63) is 52.9 Å². The van der Waals surface area contributed by atoms with E-state index >= 15 is 0 Å². The molecule has 2 aromatic rings. The van der Waals surface area contributed by atoms with Crippen molar-refractivity contribution in [2.45, 2.75) is 0 Å². The van der Waals surface area contributed by atoms with E-state index in [1.807, 2.05) is 11.9 Å². The smallest absolute Gasteiger partial charge is 0.239 e. The fourth-order valence-electron chi connectivity index (χ4n) is 1.83. The Hall–Kier alpha value is -1.99. The Morgan fingerprint density at radius 3 is 2.91 bits per heavy atom. The van der Waals surface area contributed by atoms with Gasteiger partial charge in [0.2, 0.25) is 5.91 Å². The van der Waals surface area contributed by atoms with E-state index in [1.54, 1.807) is 30.5 Å². The number of rotatable bonds is 7. The number of anilines is 1. The Bertz CT molecular complexity index is 652. The maximum atomic E-state index is 13.0. The summed E-state index contributed by atoms with van der Waals surface area (Å²) in [6.45, 7) is 1.12. The summed E-state index contributed by atoms with van der Waals surface area (Å²) >= 11 is 3.28. The first-order valence-corrected chi connectivity index (χ1v) is 7.80. The van der Waals surface area contributed by atoms with Crippen molar-refractivity contribution in [3.63, 3.8) is 0 Å². The number of nitrogens with one attached hydrogen (secondary N) is 1. The van der Waals surface area contributed by atoms with Gasteiger partial charge in [0, 0.05) is 23.3 Å². The standard InChI is InChI=1S/C16H17BrFN3O2/c1-21(7-8-23-14-4-2-3-13(18)9-14)11-16(22)20-15-6-5-12(17)10-19-15/h2-6,9-10H,7-8,11H2,1H3,(H,19,20,22). The average molecular weight is 382 g/mol. The second-order valence-corrected chi connectivity index (χ2v) is 5.87. The second-order valence-electron chi connectivity index (χ2n) is 4.95. The number of halogens is 2. The molecular formula is C16H17BrFN3O2. The summed E-state index contributed by atoms with van der Waals surface area (Å²) in [5, 5.41) is 2.71. The number of nitrogens with zero attached hydrogens (tertiary/aromatic N) is 2. The first-order valence-electron chi connectivity index (χ1n) is 7.01. The van der Waals surface area contributed by atoms with E-state index in [9.17, 15) is 9.18 Å². The van der Waals surface area contributed by atoms with Crippen LogP contribution in [0.3, 0.4) is 0 Å². The van der Waals surface area contributed by atoms with Gasteiger partial charge >= 0.3 is 0 Å². The van der Waals surface area contributed by atoms with E-state index in [0.717, 1.165) is 4.47 Å². The summed E-state index contributed by atoms with van der Waals surface area (Å²) in [4.78, 5) is 17.8. The third kappa shape index (κ3) is 6.33. The predicted octanol–water partition coefficient (Wildman–Crippen LogP) is 2.93. The molecular weight excluding hydrogens is 365 g/mol. The number of aromatic nitrogens is 1. The van der Waals surface area contributed by atoms with Gasteiger partial charge in [-0.1, -0.05) is 6.07 Å². The van der Waals surface area contributed by atoms with Crippen LogP contribution < -0.4 is 10.1 Å². The highest BCUT2D eigenvalue weighted by molar-refractivity contribution is 9.10. The predicted molar refractivity (Wildman–Crippen MR) is 90.0 cm³/mol. The lowest BCUT2D eigenvalue weighted by molar-refractivity contribution is -0.117. The molecule has 0 radical (unpaired) electrons. The third-order valence-corrected chi connectivity index (χ3v) is 3.42. The number of likely N-dealkylation sites (N-methyl/N-ethyl adjacent to an activating group) is 1. The van der Waals surface area contributed by atoms with Gasteiger partial charge in [-0.2, -0.15) is 0 Å². The normalized spacial score (nSPS) is 10.6. The highest BCUT2D eigenvalue weighted by Crippen LogP contribution is 2.12. The van der Waals surface area contributed by atoms with Gasteiger partial charge in [0.1, 0.15) is 24.0 Å². The van der Waals surface area contributed by atoms with Gasteiger partial charge in [0.15, 0.2) is 0 Å². The molecule has 0 aliphatic heterocycles. The first-order chi connectivity index (χ1) is 11.0. The van der Waals surface area contributed by atoms with E-state index < -0.39 is 0 Å². The summed E-state index contributed by atoms with van der Waals surface area (Å²) < 4.78 is 19.3. The molecule has 1 amide bonds. The minimum Gasteiger partial charge on any atom is -0.492 e. The first kappa shape index (κ1) is 17.4. The van der Waals surface area contributed by atoms with E-state index in [-0.39, 0.29) is 18.3 Å². The van der Waals surface area contributed by atoms with Gasteiger partial charge in [0.25, 0.3) is 0 Å². The molecule has 1 heterocycles. The van der Waals surface area contributed by atoms with Crippen molar-refractivity contribution >= 4 is 27.7 Å². The fourth-order valence-corrected chi connectivity index (χ4v) is 2.07. The van der Waals surface area contributed by atoms with E-state index in [0.29, 0.717) is 24.7 Å². The minimum absolute atomic E-state index is 0.159. The Morgan fingerprint density at radius 1 is 1.39 bits per heavy atom. The zero-order chi connectivity index (χ0) is 16.7. The van der Waals surface area contributed by atoms with Crippen LogP contribution in [0.4, 0.5) is 10.2 Å². The van der Waals surface area contributed by atoms with Gasteiger partial charge < -0.3 is 10.1 Å². The number of carbonyl (C=O) groups excluding carboxylic acids is 1. The molecule has 2 rings (SSSR count). The summed E-state index contributed by atoms with van der Waals surface area (Å²) in [5.74, 6) is 0.481. The average Bonchev–Trinajstić information content (AvgIpc) is 2.49. The van der Waals surface area contributed by atoms with Crippen LogP contribution in [0.1, 0.15) is 0 Å². The van der Waals surface area contributed by atoms with Crippen molar-refractivity contribution in [1.29, 1.82) is 0 Å². The summed E-state index contributed by atoms with van der Waals surface area (Å²) in [6.07, 6.45) is 1.62. The van der Waals surface area contributed by atoms with E-state index in [4.69, 9.17) is 4.74 Å². The summed E-state index contributed by atoms with van der Waals surface area (Å²) in [6, 6.07) is 9.49. The SMILES string of the molecule is CN(CCOc1cccc(F)c1)CC(=O)Nc1ccc(Br)cn1. The van der Waals surface area contributed by atoms with E-state index in [1.165, 1.54) is 12.1 Å². The number of carbonyl (C=O) groups is 1. The van der Waals surface area contributed by atoms with Crippen molar-refractivity contribution in [3.8, 4) is 5.75 Å². The molecule has 122 valence electrons. The molecule has 0 bridgehead atoms. The number of amides is 1. The minimum atomic E-state index is -0.336. The topological polar surface area (TPSA) is 54.5 Å². The Labute approximate surface area is 142 Å². The molecule has 0 aliphatic carbocycles. The van der Waals surface area contributed by atoms with Crippen molar-refractivity contribution < 1.29 is 13.9 Å².